The van der Waals surface area contributed by atoms with Crippen LogP contribution in [0.5, 0.6) is 5.75 Å². The molecule has 1 aromatic heterocycles. The largest absolute Gasteiger partial charge is 0.496 e. The summed E-state index contributed by atoms with van der Waals surface area (Å²) in [4.78, 5) is 25.8. The predicted octanol–water partition coefficient (Wildman–Crippen LogP) is 3.00. The summed E-state index contributed by atoms with van der Waals surface area (Å²) >= 11 is 3.13. The van der Waals surface area contributed by atoms with Crippen molar-refractivity contribution in [2.45, 2.75) is 13.0 Å². The maximum atomic E-state index is 12.3. The molecular weight excluding hydrogens is 376 g/mol. The van der Waals surface area contributed by atoms with Gasteiger partial charge in [-0.05, 0) is 41.1 Å². The van der Waals surface area contributed by atoms with E-state index in [1.165, 1.54) is 6.07 Å². The summed E-state index contributed by atoms with van der Waals surface area (Å²) in [7, 11) is 3.28. The molecule has 7 heteroatoms. The minimum atomic E-state index is -0.438. The second kappa shape index (κ2) is 8.01. The summed E-state index contributed by atoms with van der Waals surface area (Å²) in [6.07, 6.45) is 0. The second-order valence-electron chi connectivity index (χ2n) is 5.21. The molecule has 2 amide bonds. The van der Waals surface area contributed by atoms with E-state index >= 15 is 0 Å². The molecule has 1 aromatic carbocycles. The van der Waals surface area contributed by atoms with Crippen molar-refractivity contribution in [3.8, 4) is 5.75 Å². The third-order valence-electron chi connectivity index (χ3n) is 3.76. The van der Waals surface area contributed by atoms with E-state index in [0.29, 0.717) is 10.4 Å². The van der Waals surface area contributed by atoms with Gasteiger partial charge in [0.2, 0.25) is 5.91 Å². The molecule has 0 aliphatic carbocycles. The van der Waals surface area contributed by atoms with Gasteiger partial charge in [0.05, 0.1) is 19.7 Å². The second-order valence-corrected chi connectivity index (χ2v) is 5.99. The zero-order valence-electron chi connectivity index (χ0n) is 13.7. The minimum Gasteiger partial charge on any atom is -0.496 e. The number of carbonyl (C=O) groups excluding carboxylic acids is 2. The van der Waals surface area contributed by atoms with E-state index in [4.69, 9.17) is 9.15 Å². The molecule has 24 heavy (non-hydrogen) atoms. The van der Waals surface area contributed by atoms with Gasteiger partial charge in [0, 0.05) is 12.6 Å². The quantitative estimate of drug-likeness (QED) is 0.817. The third kappa shape index (κ3) is 4.17. The van der Waals surface area contributed by atoms with E-state index in [1.807, 2.05) is 31.2 Å². The van der Waals surface area contributed by atoms with Crippen LogP contribution in [0.15, 0.2) is 45.5 Å². The Morgan fingerprint density at radius 1 is 1.29 bits per heavy atom. The highest BCUT2D eigenvalue weighted by Crippen LogP contribution is 2.27. The fourth-order valence-electron chi connectivity index (χ4n) is 2.24. The molecule has 1 atom stereocenters. The number of methoxy groups -OCH3 is 1. The Morgan fingerprint density at radius 3 is 2.62 bits per heavy atom. The number of nitrogens with one attached hydrogen (secondary N) is 1. The van der Waals surface area contributed by atoms with Gasteiger partial charge in [-0.3, -0.25) is 9.59 Å². The van der Waals surface area contributed by atoms with E-state index in [9.17, 15) is 9.59 Å². The lowest BCUT2D eigenvalue weighted by atomic mass is 10.1. The normalized spacial score (nSPS) is 11.7. The first-order valence-electron chi connectivity index (χ1n) is 7.36. The van der Waals surface area contributed by atoms with Crippen LogP contribution in [-0.2, 0) is 4.79 Å². The Labute approximate surface area is 148 Å². The predicted molar refractivity (Wildman–Crippen MR) is 92.9 cm³/mol. The Morgan fingerprint density at radius 2 is 2.00 bits per heavy atom. The highest BCUT2D eigenvalue weighted by atomic mass is 79.9. The fraction of sp³-hybridized carbons (Fsp3) is 0.294. The number of amides is 2. The first-order chi connectivity index (χ1) is 11.4. The van der Waals surface area contributed by atoms with Gasteiger partial charge in [0.15, 0.2) is 10.4 Å². The van der Waals surface area contributed by atoms with Crippen molar-refractivity contribution < 1.29 is 18.7 Å². The molecule has 0 aliphatic rings. The average molecular weight is 395 g/mol. The molecule has 0 saturated heterocycles. The molecule has 0 saturated carbocycles. The van der Waals surface area contributed by atoms with Crippen molar-refractivity contribution in [3.63, 3.8) is 0 Å². The van der Waals surface area contributed by atoms with E-state index < -0.39 is 5.91 Å². The number of benzene rings is 1. The average Bonchev–Trinajstić information content (AvgIpc) is 3.04. The van der Waals surface area contributed by atoms with Crippen LogP contribution < -0.4 is 10.1 Å². The van der Waals surface area contributed by atoms with Crippen LogP contribution in [0.2, 0.25) is 0 Å². The molecular formula is C17H19BrN2O4. The Hall–Kier alpha value is -2.28. The fourth-order valence-corrected chi connectivity index (χ4v) is 2.55. The van der Waals surface area contributed by atoms with Gasteiger partial charge in [-0.2, -0.15) is 0 Å². The van der Waals surface area contributed by atoms with Crippen molar-refractivity contribution in [1.82, 2.24) is 10.2 Å². The number of rotatable bonds is 6. The first-order valence-corrected chi connectivity index (χ1v) is 8.15. The lowest BCUT2D eigenvalue weighted by Gasteiger charge is -2.26. The van der Waals surface area contributed by atoms with Crippen LogP contribution in [0.3, 0.4) is 0 Å². The standard InChI is InChI=1S/C17H19BrN2O4/c1-11(12-6-4-5-7-13(12)23-3)20(2)16(21)10-19-17(22)14-8-9-15(18)24-14/h4-9,11H,10H2,1-3H3,(H,19,22). The first kappa shape index (κ1) is 18.1. The number of likely N-dealkylation sites (N-methyl/N-ethyl adjacent to an activating group) is 1. The molecule has 128 valence electrons. The maximum absolute atomic E-state index is 12.3. The SMILES string of the molecule is COc1ccccc1C(C)N(C)C(=O)CNC(=O)c1ccc(Br)o1. The molecule has 1 heterocycles. The topological polar surface area (TPSA) is 71.8 Å². The van der Waals surface area contributed by atoms with Gasteiger partial charge >= 0.3 is 0 Å². The van der Waals surface area contributed by atoms with Crippen LogP contribution in [0.4, 0.5) is 0 Å². The monoisotopic (exact) mass is 394 g/mol. The number of hydrogen-bond acceptors (Lipinski definition) is 4. The van der Waals surface area contributed by atoms with Crippen molar-refractivity contribution in [1.29, 1.82) is 0 Å². The molecule has 0 radical (unpaired) electrons. The summed E-state index contributed by atoms with van der Waals surface area (Å²) in [6, 6.07) is 10.5. The van der Waals surface area contributed by atoms with Gasteiger partial charge in [-0.15, -0.1) is 0 Å². The molecule has 0 aliphatic heterocycles. The molecule has 2 rings (SSSR count). The van der Waals surface area contributed by atoms with Gasteiger partial charge in [0.1, 0.15) is 5.75 Å². The molecule has 1 unspecified atom stereocenters. The Bertz CT molecular complexity index is 729. The Kier molecular flexibility index (Phi) is 6.03. The summed E-state index contributed by atoms with van der Waals surface area (Å²) in [5.41, 5.74) is 0.900. The molecule has 0 fully saturated rings. The number of halogens is 1. The van der Waals surface area contributed by atoms with E-state index in [-0.39, 0.29) is 24.3 Å². The van der Waals surface area contributed by atoms with Crippen LogP contribution in [-0.4, -0.2) is 37.4 Å². The van der Waals surface area contributed by atoms with Crippen molar-refractivity contribution >= 4 is 27.7 Å². The van der Waals surface area contributed by atoms with Crippen molar-refractivity contribution in [2.24, 2.45) is 0 Å². The lowest BCUT2D eigenvalue weighted by Crippen LogP contribution is -2.39. The van der Waals surface area contributed by atoms with Crippen molar-refractivity contribution in [3.05, 3.63) is 52.4 Å². The van der Waals surface area contributed by atoms with Gasteiger partial charge in [-0.25, -0.2) is 0 Å². The number of para-hydroxylation sites is 1. The van der Waals surface area contributed by atoms with Crippen LogP contribution in [0.1, 0.15) is 29.1 Å². The van der Waals surface area contributed by atoms with Crippen LogP contribution in [0, 0.1) is 0 Å². The lowest BCUT2D eigenvalue weighted by molar-refractivity contribution is -0.130. The van der Waals surface area contributed by atoms with Crippen LogP contribution >= 0.6 is 15.9 Å². The number of hydrogen-bond donors (Lipinski definition) is 1. The summed E-state index contributed by atoms with van der Waals surface area (Å²) in [5.74, 6) is 0.212. The maximum Gasteiger partial charge on any atom is 0.287 e. The number of carbonyl (C=O) groups is 2. The molecule has 6 nitrogen and oxygen atoms in total. The summed E-state index contributed by atoms with van der Waals surface area (Å²) in [6.45, 7) is 1.79. The summed E-state index contributed by atoms with van der Waals surface area (Å²) in [5, 5.41) is 2.55. The number of furan rings is 1. The smallest absolute Gasteiger partial charge is 0.287 e. The minimum absolute atomic E-state index is 0.118. The number of nitrogens with zero attached hydrogens (tertiary/aromatic N) is 1. The van der Waals surface area contributed by atoms with E-state index in [2.05, 4.69) is 21.2 Å². The van der Waals surface area contributed by atoms with Crippen molar-refractivity contribution in [2.75, 3.05) is 20.7 Å². The van der Waals surface area contributed by atoms with Gasteiger partial charge < -0.3 is 19.4 Å². The molecule has 2 aromatic rings. The number of ether oxygens (including phenoxy) is 1. The van der Waals surface area contributed by atoms with Crippen LogP contribution in [0.25, 0.3) is 0 Å². The zero-order valence-corrected chi connectivity index (χ0v) is 15.3. The molecule has 0 spiro atoms. The molecule has 0 bridgehead atoms. The van der Waals surface area contributed by atoms with E-state index in [1.54, 1.807) is 25.1 Å². The zero-order chi connectivity index (χ0) is 17.7. The van der Waals surface area contributed by atoms with Gasteiger partial charge in [-0.1, -0.05) is 18.2 Å². The van der Waals surface area contributed by atoms with Gasteiger partial charge in [0.25, 0.3) is 5.91 Å². The van der Waals surface area contributed by atoms with E-state index in [0.717, 1.165) is 5.56 Å². The molecule has 1 N–H and O–H groups in total. The third-order valence-corrected chi connectivity index (χ3v) is 4.19. The highest BCUT2D eigenvalue weighted by Gasteiger charge is 2.21. The summed E-state index contributed by atoms with van der Waals surface area (Å²) < 4.78 is 10.9. The highest BCUT2D eigenvalue weighted by molar-refractivity contribution is 9.10. The Balaban J connectivity index is 1.97.